The lowest BCUT2D eigenvalue weighted by molar-refractivity contribution is -0.159. The normalized spacial score (nSPS) is 10.4. The van der Waals surface area contributed by atoms with E-state index in [1.165, 1.54) is 21.9 Å². The number of ether oxygens (including phenoxy) is 4. The van der Waals surface area contributed by atoms with E-state index >= 15 is 0 Å². The highest BCUT2D eigenvalue weighted by Gasteiger charge is 2.06. The van der Waals surface area contributed by atoms with Crippen molar-refractivity contribution in [3.05, 3.63) is 59.9 Å². The number of H-pyrrole nitrogens is 2. The molecule has 0 radical (unpaired) electrons. The summed E-state index contributed by atoms with van der Waals surface area (Å²) in [6, 6.07) is 12.1. The molecule has 0 fully saturated rings. The van der Waals surface area contributed by atoms with Crippen molar-refractivity contribution in [1.82, 2.24) is 20.6 Å². The van der Waals surface area contributed by atoms with Crippen LogP contribution in [0.25, 0.3) is 21.8 Å². The van der Waals surface area contributed by atoms with Gasteiger partial charge in [-0.2, -0.15) is 0 Å². The highest BCUT2D eigenvalue weighted by atomic mass is 16.5. The maximum atomic E-state index is 9.10. The molecule has 0 amide bonds. The van der Waals surface area contributed by atoms with Crippen molar-refractivity contribution in [2.45, 2.75) is 13.1 Å². The van der Waals surface area contributed by atoms with Gasteiger partial charge in [0.05, 0.1) is 27.4 Å². The Hall–Kier alpha value is -4.10. The van der Waals surface area contributed by atoms with Crippen molar-refractivity contribution >= 4 is 33.7 Å². The highest BCUT2D eigenvalue weighted by Crippen LogP contribution is 2.24. The number of nitrogens with one attached hydrogen (secondary N) is 4. The van der Waals surface area contributed by atoms with Gasteiger partial charge in [-0.3, -0.25) is 0 Å². The summed E-state index contributed by atoms with van der Waals surface area (Å²) in [5.41, 5.74) is 4.76. The van der Waals surface area contributed by atoms with Crippen LogP contribution in [0.15, 0.2) is 48.8 Å². The minimum absolute atomic E-state index is 0.728. The molecule has 12 heteroatoms. The molecule has 218 valence electrons. The van der Waals surface area contributed by atoms with E-state index in [-0.39, 0.29) is 0 Å². The highest BCUT2D eigenvalue weighted by molar-refractivity contribution is 6.27. The molecule has 2 aromatic heterocycles. The van der Waals surface area contributed by atoms with E-state index in [0.29, 0.717) is 0 Å². The van der Waals surface area contributed by atoms with Gasteiger partial charge in [0.15, 0.2) is 0 Å². The molecule has 2 heterocycles. The second-order valence-corrected chi connectivity index (χ2v) is 8.40. The minimum Gasteiger partial charge on any atom is -0.497 e. The first-order chi connectivity index (χ1) is 19.3. The van der Waals surface area contributed by atoms with Crippen molar-refractivity contribution < 1.29 is 38.7 Å². The molecule has 0 aliphatic heterocycles. The van der Waals surface area contributed by atoms with E-state index in [1.54, 1.807) is 28.4 Å². The first-order valence-corrected chi connectivity index (χ1v) is 12.5. The number of hydrogen-bond acceptors (Lipinski definition) is 8. The number of benzene rings is 2. The number of aromatic amines is 2. The van der Waals surface area contributed by atoms with Crippen LogP contribution in [0, 0.1) is 0 Å². The first kappa shape index (κ1) is 32.1. The average molecular weight is 559 g/mol. The van der Waals surface area contributed by atoms with Crippen LogP contribution >= 0.6 is 0 Å². The molecule has 0 spiro atoms. The smallest absolute Gasteiger partial charge is 0.414 e. The summed E-state index contributed by atoms with van der Waals surface area (Å²) in [5.74, 6) is -1.88. The van der Waals surface area contributed by atoms with Crippen molar-refractivity contribution in [2.75, 3.05) is 54.7 Å². The predicted octanol–water partition coefficient (Wildman–Crippen LogP) is 2.98. The molecule has 0 unspecified atom stereocenters. The molecule has 0 saturated heterocycles. The Kier molecular flexibility index (Phi) is 14.0. The summed E-state index contributed by atoms with van der Waals surface area (Å²) in [6.07, 6.45) is 4.06. The van der Waals surface area contributed by atoms with Gasteiger partial charge in [0.25, 0.3) is 0 Å². The van der Waals surface area contributed by atoms with E-state index < -0.39 is 11.9 Å². The van der Waals surface area contributed by atoms with Gasteiger partial charge in [-0.25, -0.2) is 9.59 Å². The fraction of sp³-hybridized carbons (Fsp3) is 0.357. The summed E-state index contributed by atoms with van der Waals surface area (Å²) in [6.45, 7) is 4.82. The summed E-state index contributed by atoms with van der Waals surface area (Å²) < 4.78 is 20.5. The molecule has 4 aromatic rings. The van der Waals surface area contributed by atoms with Gasteiger partial charge in [-0.05, 0) is 47.5 Å². The van der Waals surface area contributed by atoms with Gasteiger partial charge < -0.3 is 49.8 Å². The lowest BCUT2D eigenvalue weighted by Gasteiger charge is -2.04. The zero-order valence-corrected chi connectivity index (χ0v) is 23.2. The Labute approximate surface area is 232 Å². The predicted molar refractivity (Wildman–Crippen MR) is 152 cm³/mol. The van der Waals surface area contributed by atoms with Crippen LogP contribution in [0.4, 0.5) is 0 Å². The summed E-state index contributed by atoms with van der Waals surface area (Å²) in [5, 5.41) is 23.9. The second kappa shape index (κ2) is 17.5. The third-order valence-electron chi connectivity index (χ3n) is 5.73. The quantitative estimate of drug-likeness (QED) is 0.112. The zero-order valence-electron chi connectivity index (χ0n) is 23.2. The van der Waals surface area contributed by atoms with Crippen LogP contribution in [0.3, 0.4) is 0 Å². The van der Waals surface area contributed by atoms with Crippen molar-refractivity contribution in [1.29, 1.82) is 0 Å². The van der Waals surface area contributed by atoms with Gasteiger partial charge in [-0.15, -0.1) is 0 Å². The van der Waals surface area contributed by atoms with Crippen LogP contribution in [0.1, 0.15) is 11.1 Å². The van der Waals surface area contributed by atoms with E-state index in [9.17, 15) is 0 Å². The summed E-state index contributed by atoms with van der Waals surface area (Å²) in [7, 11) is 6.78. The molecule has 0 atom stereocenters. The van der Waals surface area contributed by atoms with Crippen LogP contribution < -0.4 is 20.1 Å². The van der Waals surface area contributed by atoms with E-state index in [1.807, 2.05) is 36.7 Å². The molecule has 40 heavy (non-hydrogen) atoms. The number of aliphatic carboxylic acids is 2. The Morgan fingerprint density at radius 3 is 1.43 bits per heavy atom. The Morgan fingerprint density at radius 1 is 0.700 bits per heavy atom. The molecule has 0 aliphatic carbocycles. The fourth-order valence-electron chi connectivity index (χ4n) is 3.66. The van der Waals surface area contributed by atoms with E-state index in [0.717, 1.165) is 61.9 Å². The summed E-state index contributed by atoms with van der Waals surface area (Å²) >= 11 is 0. The molecular weight excluding hydrogens is 520 g/mol. The van der Waals surface area contributed by atoms with Crippen LogP contribution in [-0.2, 0) is 32.2 Å². The van der Waals surface area contributed by atoms with Crippen LogP contribution in [0.2, 0.25) is 0 Å². The number of carboxylic acid groups (broad SMARTS) is 2. The third-order valence-corrected chi connectivity index (χ3v) is 5.73. The van der Waals surface area contributed by atoms with Gasteiger partial charge in [-0.1, -0.05) is 0 Å². The standard InChI is InChI=1S/2C13H18N2O2.C2H2O4/c2*1-16-6-5-14-8-10-9-15-13-4-3-11(17-2)7-12(10)13;3-1(4)2(5)6/h2*3-4,7,9,14-15H,5-6,8H2,1-2H3;(H,3,4)(H,5,6). The third kappa shape index (κ3) is 10.2. The molecule has 0 saturated carbocycles. The van der Waals surface area contributed by atoms with Crippen molar-refractivity contribution in [3.8, 4) is 11.5 Å². The largest absolute Gasteiger partial charge is 0.497 e. The van der Waals surface area contributed by atoms with E-state index in [4.69, 9.17) is 38.7 Å². The van der Waals surface area contributed by atoms with Gasteiger partial charge in [0, 0.05) is 74.6 Å². The Morgan fingerprint density at radius 2 is 1.10 bits per heavy atom. The van der Waals surface area contributed by atoms with Crippen molar-refractivity contribution in [3.63, 3.8) is 0 Å². The SMILES string of the molecule is COCCNCc1c[nH]c2ccc(OC)cc12.COCCNCc1c[nH]c2ccc(OC)cc12.O=C(O)C(=O)O. The van der Waals surface area contributed by atoms with Crippen LogP contribution in [0.5, 0.6) is 11.5 Å². The molecule has 2 aromatic carbocycles. The molecule has 0 aliphatic rings. The maximum absolute atomic E-state index is 9.10. The Bertz CT molecular complexity index is 1230. The van der Waals surface area contributed by atoms with Crippen molar-refractivity contribution in [2.24, 2.45) is 0 Å². The number of aromatic nitrogens is 2. The lowest BCUT2D eigenvalue weighted by Crippen LogP contribution is -2.18. The molecule has 12 nitrogen and oxygen atoms in total. The van der Waals surface area contributed by atoms with Gasteiger partial charge in [0.2, 0.25) is 0 Å². The number of rotatable bonds is 12. The zero-order chi connectivity index (χ0) is 29.3. The van der Waals surface area contributed by atoms with E-state index in [2.05, 4.69) is 32.7 Å². The number of carboxylic acids is 2. The minimum atomic E-state index is -1.82. The molecule has 0 bridgehead atoms. The topological polar surface area (TPSA) is 167 Å². The maximum Gasteiger partial charge on any atom is 0.414 e. The number of methoxy groups -OCH3 is 4. The summed E-state index contributed by atoms with van der Waals surface area (Å²) in [4.78, 5) is 24.7. The number of hydrogen-bond donors (Lipinski definition) is 6. The van der Waals surface area contributed by atoms with Gasteiger partial charge in [0.1, 0.15) is 11.5 Å². The molecule has 4 rings (SSSR count). The Balaban J connectivity index is 0.000000234. The molecule has 6 N–H and O–H groups in total. The average Bonchev–Trinajstić information content (AvgIpc) is 3.57. The second-order valence-electron chi connectivity index (χ2n) is 8.40. The van der Waals surface area contributed by atoms with Crippen LogP contribution in [-0.4, -0.2) is 86.9 Å². The first-order valence-electron chi connectivity index (χ1n) is 12.5. The number of fused-ring (bicyclic) bond motifs is 2. The fourth-order valence-corrected chi connectivity index (χ4v) is 3.66. The lowest BCUT2D eigenvalue weighted by atomic mass is 10.1. The van der Waals surface area contributed by atoms with Gasteiger partial charge >= 0.3 is 11.9 Å². The monoisotopic (exact) mass is 558 g/mol. The number of carbonyl (C=O) groups is 2. The molecular formula is C28H38N4O8.